The largest absolute Gasteiger partial charge is 0.320 e. The quantitative estimate of drug-likeness (QED) is 0.872. The van der Waals surface area contributed by atoms with Crippen molar-refractivity contribution in [2.24, 2.45) is 5.73 Å². The number of carbonyl (C=O) groups is 1. The summed E-state index contributed by atoms with van der Waals surface area (Å²) in [6, 6.07) is 7.41. The van der Waals surface area contributed by atoms with Crippen molar-refractivity contribution < 1.29 is 4.79 Å². The Labute approximate surface area is 107 Å². The van der Waals surface area contributed by atoms with Gasteiger partial charge in [-0.05, 0) is 37.0 Å². The molecule has 3 nitrogen and oxygen atoms in total. The molecule has 0 saturated heterocycles. The molecule has 0 unspecified atom stereocenters. The van der Waals surface area contributed by atoms with E-state index in [0.29, 0.717) is 0 Å². The average Bonchev–Trinajstić information content (AvgIpc) is 2.34. The maximum atomic E-state index is 12.1. The second kappa shape index (κ2) is 6.67. The smallest absolute Gasteiger partial charge is 0.243 e. The van der Waals surface area contributed by atoms with Gasteiger partial charge in [-0.1, -0.05) is 18.2 Å². The Bertz CT molecular complexity index is 381. The maximum absolute atomic E-state index is 12.1. The van der Waals surface area contributed by atoms with Crippen LogP contribution in [-0.4, -0.2) is 31.0 Å². The third kappa shape index (κ3) is 3.75. The number of carbonyl (C=O) groups excluding carboxylic acids is 1. The molecule has 0 aliphatic heterocycles. The number of para-hydroxylation sites is 1. The zero-order chi connectivity index (χ0) is 12.8. The Morgan fingerprint density at radius 2 is 2.12 bits per heavy atom. The Balaban J connectivity index is 2.73. The number of benzene rings is 1. The molecule has 0 spiro atoms. The lowest BCUT2D eigenvalue weighted by atomic mass is 10.1. The highest BCUT2D eigenvalue weighted by atomic mass is 32.2. The van der Waals surface area contributed by atoms with E-state index in [1.54, 1.807) is 23.7 Å². The Morgan fingerprint density at radius 1 is 1.47 bits per heavy atom. The molecule has 0 radical (unpaired) electrons. The Hall–Kier alpha value is -1.00. The van der Waals surface area contributed by atoms with Gasteiger partial charge >= 0.3 is 0 Å². The van der Waals surface area contributed by atoms with Crippen LogP contribution < -0.4 is 10.6 Å². The number of hydrogen-bond acceptors (Lipinski definition) is 3. The summed E-state index contributed by atoms with van der Waals surface area (Å²) in [5.41, 5.74) is 7.90. The van der Waals surface area contributed by atoms with E-state index in [-0.39, 0.29) is 5.91 Å². The molecule has 0 fully saturated rings. The van der Waals surface area contributed by atoms with Gasteiger partial charge in [-0.2, -0.15) is 11.8 Å². The molecule has 0 saturated carbocycles. The molecule has 2 N–H and O–H groups in total. The molecule has 0 aromatic heterocycles. The van der Waals surface area contributed by atoms with E-state index in [1.165, 1.54) is 0 Å². The minimum Gasteiger partial charge on any atom is -0.320 e. The fraction of sp³-hybridized carbons (Fsp3) is 0.462. The van der Waals surface area contributed by atoms with Gasteiger partial charge < -0.3 is 10.6 Å². The number of aryl methyl sites for hydroxylation is 1. The van der Waals surface area contributed by atoms with Crippen LogP contribution in [0.1, 0.15) is 12.0 Å². The second-order valence-corrected chi connectivity index (χ2v) is 5.06. The van der Waals surface area contributed by atoms with E-state index >= 15 is 0 Å². The summed E-state index contributed by atoms with van der Waals surface area (Å²) >= 11 is 1.71. The fourth-order valence-corrected chi connectivity index (χ4v) is 2.17. The van der Waals surface area contributed by atoms with Crippen LogP contribution in [0.25, 0.3) is 0 Å². The van der Waals surface area contributed by atoms with Crippen molar-refractivity contribution in [2.45, 2.75) is 19.4 Å². The number of amides is 1. The summed E-state index contributed by atoms with van der Waals surface area (Å²) in [5.74, 6) is 0.891. The van der Waals surface area contributed by atoms with Crippen LogP contribution in [0.4, 0.5) is 5.69 Å². The number of anilines is 1. The van der Waals surface area contributed by atoms with Gasteiger partial charge in [0.1, 0.15) is 0 Å². The summed E-state index contributed by atoms with van der Waals surface area (Å²) in [6.07, 6.45) is 2.73. The van der Waals surface area contributed by atoms with E-state index in [9.17, 15) is 4.79 Å². The normalized spacial score (nSPS) is 12.2. The molecule has 17 heavy (non-hydrogen) atoms. The van der Waals surface area contributed by atoms with E-state index in [1.807, 2.05) is 37.4 Å². The highest BCUT2D eigenvalue weighted by Gasteiger charge is 2.19. The first-order valence-electron chi connectivity index (χ1n) is 5.65. The fourth-order valence-electron chi connectivity index (χ4n) is 1.68. The van der Waals surface area contributed by atoms with Gasteiger partial charge in [-0.15, -0.1) is 0 Å². The van der Waals surface area contributed by atoms with E-state index in [4.69, 9.17) is 5.73 Å². The molecular weight excluding hydrogens is 232 g/mol. The van der Waals surface area contributed by atoms with Gasteiger partial charge in [-0.25, -0.2) is 0 Å². The first-order chi connectivity index (χ1) is 8.07. The van der Waals surface area contributed by atoms with Crippen molar-refractivity contribution >= 4 is 23.4 Å². The van der Waals surface area contributed by atoms with Crippen LogP contribution in [0, 0.1) is 6.92 Å². The van der Waals surface area contributed by atoms with Crippen molar-refractivity contribution in [1.82, 2.24) is 0 Å². The van der Waals surface area contributed by atoms with E-state index in [2.05, 4.69) is 0 Å². The molecule has 1 aromatic carbocycles. The van der Waals surface area contributed by atoms with E-state index in [0.717, 1.165) is 23.4 Å². The lowest BCUT2D eigenvalue weighted by molar-refractivity contribution is -0.119. The van der Waals surface area contributed by atoms with Crippen molar-refractivity contribution in [3.05, 3.63) is 29.8 Å². The first kappa shape index (κ1) is 14.1. The highest BCUT2D eigenvalue weighted by Crippen LogP contribution is 2.18. The van der Waals surface area contributed by atoms with Gasteiger partial charge in [0.2, 0.25) is 5.91 Å². The summed E-state index contributed by atoms with van der Waals surface area (Å²) in [5, 5.41) is 0. The predicted octanol–water partition coefficient (Wildman–Crippen LogP) is 2.04. The van der Waals surface area contributed by atoms with Gasteiger partial charge in [0.25, 0.3) is 0 Å². The zero-order valence-corrected chi connectivity index (χ0v) is 11.5. The predicted molar refractivity (Wildman–Crippen MR) is 75.6 cm³/mol. The molecule has 4 heteroatoms. The number of likely N-dealkylation sites (N-methyl/N-ethyl adjacent to an activating group) is 1. The molecule has 1 rings (SSSR count). The zero-order valence-electron chi connectivity index (χ0n) is 10.6. The summed E-state index contributed by atoms with van der Waals surface area (Å²) in [6.45, 7) is 1.99. The van der Waals surface area contributed by atoms with Crippen LogP contribution in [0.15, 0.2) is 24.3 Å². The van der Waals surface area contributed by atoms with Crippen molar-refractivity contribution in [3.63, 3.8) is 0 Å². The summed E-state index contributed by atoms with van der Waals surface area (Å²) in [4.78, 5) is 13.7. The Morgan fingerprint density at radius 3 is 2.71 bits per heavy atom. The molecule has 1 aromatic rings. The summed E-state index contributed by atoms with van der Waals surface area (Å²) < 4.78 is 0. The van der Waals surface area contributed by atoms with E-state index < -0.39 is 6.04 Å². The van der Waals surface area contributed by atoms with Gasteiger partial charge in [0, 0.05) is 12.7 Å². The number of nitrogens with two attached hydrogens (primary N) is 1. The van der Waals surface area contributed by atoms with Crippen molar-refractivity contribution in [3.8, 4) is 0 Å². The minimum absolute atomic E-state index is 0.0200. The lowest BCUT2D eigenvalue weighted by Gasteiger charge is -2.22. The lowest BCUT2D eigenvalue weighted by Crippen LogP contribution is -2.42. The second-order valence-electron chi connectivity index (χ2n) is 4.07. The van der Waals surface area contributed by atoms with Gasteiger partial charge in [0.15, 0.2) is 0 Å². The van der Waals surface area contributed by atoms with Gasteiger partial charge in [0.05, 0.1) is 6.04 Å². The molecular formula is C13H20N2OS. The number of rotatable bonds is 5. The monoisotopic (exact) mass is 252 g/mol. The standard InChI is InChI=1S/C13H20N2OS/c1-10-6-4-5-7-12(10)15(2)13(16)11(14)8-9-17-3/h4-7,11H,8-9,14H2,1-3H3/t11-/m0/s1. The van der Waals surface area contributed by atoms with Crippen molar-refractivity contribution in [1.29, 1.82) is 0 Å². The molecule has 1 atom stereocenters. The van der Waals surface area contributed by atoms with Crippen LogP contribution in [-0.2, 0) is 4.79 Å². The molecule has 0 heterocycles. The number of nitrogens with zero attached hydrogens (tertiary/aromatic N) is 1. The third-order valence-corrected chi connectivity index (χ3v) is 3.40. The van der Waals surface area contributed by atoms with Gasteiger partial charge in [-0.3, -0.25) is 4.79 Å². The van der Waals surface area contributed by atoms with Crippen LogP contribution in [0.5, 0.6) is 0 Å². The summed E-state index contributed by atoms with van der Waals surface area (Å²) in [7, 11) is 1.78. The van der Waals surface area contributed by atoms with Crippen LogP contribution in [0.3, 0.4) is 0 Å². The maximum Gasteiger partial charge on any atom is 0.243 e. The molecule has 1 amide bonds. The molecule has 94 valence electrons. The highest BCUT2D eigenvalue weighted by molar-refractivity contribution is 7.98. The molecule has 0 aliphatic rings. The first-order valence-corrected chi connectivity index (χ1v) is 7.05. The molecule has 0 bridgehead atoms. The third-order valence-electron chi connectivity index (χ3n) is 2.76. The number of hydrogen-bond donors (Lipinski definition) is 1. The SMILES string of the molecule is CSCC[C@H](N)C(=O)N(C)c1ccccc1C. The molecule has 0 aliphatic carbocycles. The van der Waals surface area contributed by atoms with Crippen LogP contribution in [0.2, 0.25) is 0 Å². The average molecular weight is 252 g/mol. The number of thioether (sulfide) groups is 1. The Kier molecular flexibility index (Phi) is 5.51. The minimum atomic E-state index is -0.410. The van der Waals surface area contributed by atoms with Crippen molar-refractivity contribution in [2.75, 3.05) is 24.0 Å². The topological polar surface area (TPSA) is 46.3 Å². The van der Waals surface area contributed by atoms with Crippen LogP contribution >= 0.6 is 11.8 Å².